The Bertz CT molecular complexity index is 294. The molecular weight excluding hydrogens is 240 g/mol. The van der Waals surface area contributed by atoms with Crippen LogP contribution in [0.15, 0.2) is 0 Å². The molecule has 2 aliphatic rings. The van der Waals surface area contributed by atoms with Crippen LogP contribution < -0.4 is 5.73 Å². The average Bonchev–Trinajstić information content (AvgIpc) is 2.46. The van der Waals surface area contributed by atoms with Crippen molar-refractivity contribution < 1.29 is 9.53 Å². The van der Waals surface area contributed by atoms with E-state index in [1.54, 1.807) is 7.11 Å². The van der Waals surface area contributed by atoms with Crippen LogP contribution in [-0.2, 0) is 9.53 Å². The van der Waals surface area contributed by atoms with Crippen molar-refractivity contribution >= 4 is 5.91 Å². The van der Waals surface area contributed by atoms with Gasteiger partial charge in [-0.25, -0.2) is 0 Å². The number of hydrogen-bond acceptors (Lipinski definition) is 3. The lowest BCUT2D eigenvalue weighted by Gasteiger charge is -2.45. The van der Waals surface area contributed by atoms with Gasteiger partial charge in [-0.2, -0.15) is 0 Å². The largest absolute Gasteiger partial charge is 0.385 e. The second-order valence-corrected chi connectivity index (χ2v) is 6.03. The molecule has 1 amide bonds. The molecule has 1 saturated carbocycles. The van der Waals surface area contributed by atoms with Crippen molar-refractivity contribution in [2.24, 2.45) is 11.7 Å². The van der Waals surface area contributed by atoms with E-state index in [0.29, 0.717) is 12.6 Å². The van der Waals surface area contributed by atoms with Gasteiger partial charge in [-0.3, -0.25) is 4.79 Å². The van der Waals surface area contributed by atoms with E-state index in [9.17, 15) is 4.79 Å². The first-order valence-corrected chi connectivity index (χ1v) is 7.79. The summed E-state index contributed by atoms with van der Waals surface area (Å²) in [7, 11) is 1.69. The summed E-state index contributed by atoms with van der Waals surface area (Å²) in [5.41, 5.74) is 6.06. The Hall–Kier alpha value is -0.610. The Morgan fingerprint density at radius 2 is 2.05 bits per heavy atom. The predicted octanol–water partition coefficient (Wildman–Crippen LogP) is 1.92. The first-order valence-electron chi connectivity index (χ1n) is 7.79. The highest BCUT2D eigenvalue weighted by Gasteiger charge is 2.36. The Balaban J connectivity index is 1.89. The lowest BCUT2D eigenvalue weighted by atomic mass is 9.78. The quantitative estimate of drug-likeness (QED) is 0.775. The molecule has 0 aromatic carbocycles. The number of carbonyl (C=O) groups excluding carboxylic acids is 1. The van der Waals surface area contributed by atoms with Gasteiger partial charge in [0.05, 0.1) is 6.04 Å². The van der Waals surface area contributed by atoms with E-state index >= 15 is 0 Å². The van der Waals surface area contributed by atoms with Gasteiger partial charge in [-0.1, -0.05) is 12.8 Å². The molecule has 3 atom stereocenters. The van der Waals surface area contributed by atoms with Gasteiger partial charge < -0.3 is 15.4 Å². The molecule has 1 heterocycles. The molecule has 1 unspecified atom stereocenters. The fraction of sp³-hybridized carbons (Fsp3) is 0.933. The van der Waals surface area contributed by atoms with Crippen molar-refractivity contribution in [1.82, 2.24) is 4.90 Å². The lowest BCUT2D eigenvalue weighted by molar-refractivity contribution is -0.139. The second-order valence-electron chi connectivity index (χ2n) is 6.03. The average molecular weight is 268 g/mol. The molecule has 19 heavy (non-hydrogen) atoms. The van der Waals surface area contributed by atoms with E-state index < -0.39 is 0 Å². The van der Waals surface area contributed by atoms with Crippen molar-refractivity contribution in [2.75, 3.05) is 20.3 Å². The molecule has 2 rings (SSSR count). The summed E-state index contributed by atoms with van der Waals surface area (Å²) < 4.78 is 5.02. The van der Waals surface area contributed by atoms with Crippen LogP contribution in [0.2, 0.25) is 0 Å². The highest BCUT2D eigenvalue weighted by atomic mass is 16.5. The molecule has 4 nitrogen and oxygen atoms in total. The van der Waals surface area contributed by atoms with E-state index in [1.165, 1.54) is 32.1 Å². The van der Waals surface area contributed by atoms with Gasteiger partial charge in [0.1, 0.15) is 0 Å². The summed E-state index contributed by atoms with van der Waals surface area (Å²) in [5.74, 6) is 0.908. The number of piperidine rings is 1. The molecule has 2 N–H and O–H groups in total. The van der Waals surface area contributed by atoms with E-state index in [1.807, 2.05) is 0 Å². The third-order valence-corrected chi connectivity index (χ3v) is 4.71. The normalized spacial score (nSPS) is 28.8. The molecule has 0 aromatic rings. The maximum absolute atomic E-state index is 12.5. The van der Waals surface area contributed by atoms with Gasteiger partial charge in [0.25, 0.3) is 0 Å². The molecule has 0 aromatic heterocycles. The molecule has 0 bridgehead atoms. The van der Waals surface area contributed by atoms with Gasteiger partial charge in [0, 0.05) is 26.3 Å². The third-order valence-electron chi connectivity index (χ3n) is 4.71. The van der Waals surface area contributed by atoms with Crippen molar-refractivity contribution in [3.8, 4) is 0 Å². The van der Waals surface area contributed by atoms with E-state index in [2.05, 4.69) is 4.90 Å². The number of likely N-dealkylation sites (tertiary alicyclic amines) is 1. The van der Waals surface area contributed by atoms with Crippen molar-refractivity contribution in [2.45, 2.75) is 63.5 Å². The summed E-state index contributed by atoms with van der Waals surface area (Å²) in [6.07, 6.45) is 9.14. The van der Waals surface area contributed by atoms with Crippen LogP contribution in [0, 0.1) is 5.92 Å². The van der Waals surface area contributed by atoms with Crippen LogP contribution in [0.25, 0.3) is 0 Å². The van der Waals surface area contributed by atoms with E-state index in [-0.39, 0.29) is 11.9 Å². The molecule has 1 aliphatic carbocycles. The highest BCUT2D eigenvalue weighted by molar-refractivity contribution is 5.82. The zero-order valence-corrected chi connectivity index (χ0v) is 12.1. The molecule has 0 spiro atoms. The first-order chi connectivity index (χ1) is 9.24. The fourth-order valence-electron chi connectivity index (χ4n) is 3.68. The zero-order valence-electron chi connectivity index (χ0n) is 12.1. The molecule has 110 valence electrons. The van der Waals surface area contributed by atoms with Gasteiger partial charge in [-0.05, 0) is 44.4 Å². The van der Waals surface area contributed by atoms with Crippen LogP contribution in [-0.4, -0.2) is 43.2 Å². The summed E-state index contributed by atoms with van der Waals surface area (Å²) in [4.78, 5) is 14.6. The molecule has 1 aliphatic heterocycles. The monoisotopic (exact) mass is 268 g/mol. The Morgan fingerprint density at radius 3 is 2.84 bits per heavy atom. The summed E-state index contributed by atoms with van der Waals surface area (Å²) >= 11 is 0. The number of rotatable bonds is 5. The number of hydrogen-bond donors (Lipinski definition) is 1. The maximum Gasteiger partial charge on any atom is 0.239 e. The second kappa shape index (κ2) is 7.25. The predicted molar refractivity (Wildman–Crippen MR) is 75.8 cm³/mol. The van der Waals surface area contributed by atoms with Crippen molar-refractivity contribution in [3.05, 3.63) is 0 Å². The molecule has 4 heteroatoms. The standard InChI is InChI=1S/C15H28N2O2/c1-19-11-5-8-13(16)15(18)17-10-4-7-12-6-2-3-9-14(12)17/h12-14H,2-11,16H2,1H3/t12-,13?,14-/m1/s1. The number of methoxy groups -OCH3 is 1. The molecule has 1 saturated heterocycles. The number of carbonyl (C=O) groups is 1. The zero-order chi connectivity index (χ0) is 13.7. The molecule has 0 radical (unpaired) electrons. The van der Waals surface area contributed by atoms with E-state index in [4.69, 9.17) is 10.5 Å². The number of amides is 1. The minimum atomic E-state index is -0.337. The fourth-order valence-corrected chi connectivity index (χ4v) is 3.68. The Labute approximate surface area is 116 Å². The Kier molecular flexibility index (Phi) is 5.64. The number of nitrogens with zero attached hydrogens (tertiary/aromatic N) is 1. The van der Waals surface area contributed by atoms with Crippen LogP contribution in [0.5, 0.6) is 0 Å². The van der Waals surface area contributed by atoms with Gasteiger partial charge >= 0.3 is 0 Å². The van der Waals surface area contributed by atoms with E-state index in [0.717, 1.165) is 31.7 Å². The van der Waals surface area contributed by atoms with Crippen molar-refractivity contribution in [1.29, 1.82) is 0 Å². The van der Waals surface area contributed by atoms with Crippen LogP contribution in [0.1, 0.15) is 51.4 Å². The van der Waals surface area contributed by atoms with Crippen LogP contribution >= 0.6 is 0 Å². The molecule has 2 fully saturated rings. The summed E-state index contributed by atoms with van der Waals surface area (Å²) in [6, 6.07) is 0.138. The lowest BCUT2D eigenvalue weighted by Crippen LogP contribution is -2.54. The van der Waals surface area contributed by atoms with Crippen LogP contribution in [0.3, 0.4) is 0 Å². The third kappa shape index (κ3) is 3.69. The van der Waals surface area contributed by atoms with Crippen molar-refractivity contribution in [3.63, 3.8) is 0 Å². The van der Waals surface area contributed by atoms with Gasteiger partial charge in [0.15, 0.2) is 0 Å². The summed E-state index contributed by atoms with van der Waals surface area (Å²) in [5, 5.41) is 0. The minimum Gasteiger partial charge on any atom is -0.385 e. The van der Waals surface area contributed by atoms with Crippen LogP contribution in [0.4, 0.5) is 0 Å². The Morgan fingerprint density at radius 1 is 1.32 bits per heavy atom. The highest BCUT2D eigenvalue weighted by Crippen LogP contribution is 2.35. The number of ether oxygens (including phenoxy) is 1. The molecular formula is C15H28N2O2. The minimum absolute atomic E-state index is 0.174. The number of nitrogens with two attached hydrogens (primary N) is 1. The smallest absolute Gasteiger partial charge is 0.239 e. The first kappa shape index (κ1) is 14.8. The van der Waals surface area contributed by atoms with Gasteiger partial charge in [-0.15, -0.1) is 0 Å². The maximum atomic E-state index is 12.5. The van der Waals surface area contributed by atoms with Gasteiger partial charge in [0.2, 0.25) is 5.91 Å². The summed E-state index contributed by atoms with van der Waals surface area (Å²) in [6.45, 7) is 1.60. The topological polar surface area (TPSA) is 55.6 Å². The SMILES string of the molecule is COCCCC(N)C(=O)N1CCC[C@H]2CCCC[C@H]21. The number of fused-ring (bicyclic) bond motifs is 1.